The standard InChI is InChI=1S/C14H17NO4/c1-8-6-7-9(18-8)12-15-11(14(2,3)4)10(19-12)13(16)17-5/h6-7H,1-5H3. The van der Waals surface area contributed by atoms with E-state index in [1.807, 2.05) is 33.8 Å². The van der Waals surface area contributed by atoms with Crippen molar-refractivity contribution in [3.05, 3.63) is 29.3 Å². The molecule has 0 unspecified atom stereocenters. The van der Waals surface area contributed by atoms with Crippen molar-refractivity contribution in [2.75, 3.05) is 7.11 Å². The van der Waals surface area contributed by atoms with Gasteiger partial charge in [-0.3, -0.25) is 0 Å². The molecule has 19 heavy (non-hydrogen) atoms. The Balaban J connectivity index is 2.54. The summed E-state index contributed by atoms with van der Waals surface area (Å²) in [6, 6.07) is 3.57. The molecule has 0 aliphatic heterocycles. The monoisotopic (exact) mass is 263 g/mol. The predicted octanol–water partition coefficient (Wildman–Crippen LogP) is 3.33. The van der Waals surface area contributed by atoms with Crippen LogP contribution in [0.15, 0.2) is 21.0 Å². The Bertz CT molecular complexity index is 601. The third kappa shape index (κ3) is 2.54. The fourth-order valence-electron chi connectivity index (χ4n) is 1.71. The van der Waals surface area contributed by atoms with Gasteiger partial charge < -0.3 is 13.6 Å². The molecule has 0 saturated carbocycles. The van der Waals surface area contributed by atoms with Gasteiger partial charge in [0.05, 0.1) is 7.11 Å². The molecule has 0 aliphatic carbocycles. The SMILES string of the molecule is COC(=O)c1oc(-c2ccc(C)o2)nc1C(C)(C)C. The van der Waals surface area contributed by atoms with Crippen LogP contribution in [0.4, 0.5) is 0 Å². The summed E-state index contributed by atoms with van der Waals surface area (Å²) < 4.78 is 15.7. The van der Waals surface area contributed by atoms with E-state index in [2.05, 4.69) is 4.98 Å². The topological polar surface area (TPSA) is 65.5 Å². The highest BCUT2D eigenvalue weighted by atomic mass is 16.5. The summed E-state index contributed by atoms with van der Waals surface area (Å²) in [6.45, 7) is 7.69. The first-order valence-electron chi connectivity index (χ1n) is 5.99. The predicted molar refractivity (Wildman–Crippen MR) is 69.0 cm³/mol. The molecule has 2 aromatic rings. The van der Waals surface area contributed by atoms with E-state index in [1.165, 1.54) is 7.11 Å². The van der Waals surface area contributed by atoms with Crippen molar-refractivity contribution < 1.29 is 18.4 Å². The van der Waals surface area contributed by atoms with Crippen LogP contribution >= 0.6 is 0 Å². The normalized spacial score (nSPS) is 11.6. The summed E-state index contributed by atoms with van der Waals surface area (Å²) in [7, 11) is 1.31. The highest BCUT2D eigenvalue weighted by Gasteiger charge is 2.30. The zero-order valence-electron chi connectivity index (χ0n) is 11.7. The molecular weight excluding hydrogens is 246 g/mol. The van der Waals surface area contributed by atoms with Gasteiger partial charge in [-0.2, -0.15) is 0 Å². The van der Waals surface area contributed by atoms with Crippen molar-refractivity contribution in [3.8, 4) is 11.7 Å². The minimum absolute atomic E-state index is 0.124. The lowest BCUT2D eigenvalue weighted by Gasteiger charge is -2.15. The zero-order chi connectivity index (χ0) is 14.2. The van der Waals surface area contributed by atoms with E-state index < -0.39 is 5.97 Å². The molecule has 0 spiro atoms. The average molecular weight is 263 g/mol. The van der Waals surface area contributed by atoms with Crippen LogP contribution in [0.3, 0.4) is 0 Å². The van der Waals surface area contributed by atoms with E-state index in [-0.39, 0.29) is 11.2 Å². The molecule has 2 aromatic heterocycles. The molecule has 0 fully saturated rings. The van der Waals surface area contributed by atoms with Crippen LogP contribution in [0.5, 0.6) is 0 Å². The van der Waals surface area contributed by atoms with E-state index in [9.17, 15) is 4.79 Å². The van der Waals surface area contributed by atoms with Gasteiger partial charge in [-0.15, -0.1) is 0 Å². The second kappa shape index (κ2) is 4.57. The number of carbonyl (C=O) groups is 1. The van der Waals surface area contributed by atoms with Gasteiger partial charge in [0, 0.05) is 5.41 Å². The average Bonchev–Trinajstić information content (AvgIpc) is 2.92. The third-order valence-corrected chi connectivity index (χ3v) is 2.66. The van der Waals surface area contributed by atoms with Crippen molar-refractivity contribution in [2.45, 2.75) is 33.1 Å². The number of carbonyl (C=O) groups excluding carboxylic acids is 1. The fraction of sp³-hybridized carbons (Fsp3) is 0.429. The van der Waals surface area contributed by atoms with Gasteiger partial charge in [0.15, 0.2) is 5.76 Å². The largest absolute Gasteiger partial charge is 0.463 e. The maximum atomic E-state index is 11.7. The molecule has 0 atom stereocenters. The van der Waals surface area contributed by atoms with E-state index in [0.29, 0.717) is 17.3 Å². The quantitative estimate of drug-likeness (QED) is 0.777. The first-order valence-corrected chi connectivity index (χ1v) is 5.99. The molecule has 2 rings (SSSR count). The maximum Gasteiger partial charge on any atom is 0.376 e. The van der Waals surface area contributed by atoms with Gasteiger partial charge in [0.25, 0.3) is 5.89 Å². The van der Waals surface area contributed by atoms with E-state index in [0.717, 1.165) is 5.76 Å². The number of nitrogens with zero attached hydrogens (tertiary/aromatic N) is 1. The lowest BCUT2D eigenvalue weighted by molar-refractivity contribution is 0.0562. The van der Waals surface area contributed by atoms with Crippen molar-refractivity contribution >= 4 is 5.97 Å². The molecule has 5 heteroatoms. The number of esters is 1. The van der Waals surface area contributed by atoms with Gasteiger partial charge in [0.1, 0.15) is 11.5 Å². The highest BCUT2D eigenvalue weighted by Crippen LogP contribution is 2.31. The summed E-state index contributed by atoms with van der Waals surface area (Å²) in [5, 5.41) is 0. The Kier molecular flexibility index (Phi) is 3.22. The fourth-order valence-corrected chi connectivity index (χ4v) is 1.71. The van der Waals surface area contributed by atoms with Crippen LogP contribution in [0.25, 0.3) is 11.7 Å². The molecule has 0 saturated heterocycles. The number of rotatable bonds is 2. The lowest BCUT2D eigenvalue weighted by Crippen LogP contribution is -2.17. The molecule has 102 valence electrons. The number of aromatic nitrogens is 1. The number of oxazole rings is 1. The molecule has 0 bridgehead atoms. The molecule has 5 nitrogen and oxygen atoms in total. The summed E-state index contributed by atoms with van der Waals surface area (Å²) in [4.78, 5) is 16.1. The Morgan fingerprint density at radius 3 is 2.42 bits per heavy atom. The third-order valence-electron chi connectivity index (χ3n) is 2.66. The van der Waals surface area contributed by atoms with Crippen LogP contribution in [0, 0.1) is 6.92 Å². The van der Waals surface area contributed by atoms with E-state index in [1.54, 1.807) is 6.07 Å². The van der Waals surface area contributed by atoms with Crippen LogP contribution < -0.4 is 0 Å². The van der Waals surface area contributed by atoms with Crippen LogP contribution in [-0.2, 0) is 10.2 Å². The molecule has 0 aliphatic rings. The van der Waals surface area contributed by atoms with E-state index >= 15 is 0 Å². The number of ether oxygens (including phenoxy) is 1. The highest BCUT2D eigenvalue weighted by molar-refractivity contribution is 5.88. The van der Waals surface area contributed by atoms with Crippen LogP contribution in [-0.4, -0.2) is 18.1 Å². The number of hydrogen-bond acceptors (Lipinski definition) is 5. The first-order chi connectivity index (χ1) is 8.82. The van der Waals surface area contributed by atoms with Gasteiger partial charge in [0.2, 0.25) is 5.76 Å². The van der Waals surface area contributed by atoms with Crippen molar-refractivity contribution in [2.24, 2.45) is 0 Å². The van der Waals surface area contributed by atoms with Gasteiger partial charge >= 0.3 is 5.97 Å². The maximum absolute atomic E-state index is 11.7. The van der Waals surface area contributed by atoms with Crippen LogP contribution in [0.1, 0.15) is 42.8 Å². The summed E-state index contributed by atoms with van der Waals surface area (Å²) in [6.07, 6.45) is 0. The Morgan fingerprint density at radius 1 is 1.26 bits per heavy atom. The molecular formula is C14H17NO4. The number of hydrogen-bond donors (Lipinski definition) is 0. The minimum Gasteiger partial charge on any atom is -0.463 e. The summed E-state index contributed by atoms with van der Waals surface area (Å²) >= 11 is 0. The molecule has 2 heterocycles. The summed E-state index contributed by atoms with van der Waals surface area (Å²) in [5.41, 5.74) is 0.232. The van der Waals surface area contributed by atoms with Gasteiger partial charge in [-0.25, -0.2) is 9.78 Å². The Labute approximate surface area is 111 Å². The van der Waals surface area contributed by atoms with Crippen molar-refractivity contribution in [1.29, 1.82) is 0 Å². The summed E-state index contributed by atoms with van der Waals surface area (Å²) in [5.74, 6) is 1.13. The molecule has 0 aromatic carbocycles. The van der Waals surface area contributed by atoms with Crippen molar-refractivity contribution in [1.82, 2.24) is 4.98 Å². The Hall–Kier alpha value is -2.04. The molecule has 0 N–H and O–H groups in total. The van der Waals surface area contributed by atoms with Crippen molar-refractivity contribution in [3.63, 3.8) is 0 Å². The minimum atomic E-state index is -0.535. The zero-order valence-corrected chi connectivity index (χ0v) is 11.7. The number of furan rings is 1. The molecule has 0 amide bonds. The number of aryl methyl sites for hydroxylation is 1. The molecule has 0 radical (unpaired) electrons. The first kappa shape index (κ1) is 13.4. The van der Waals surface area contributed by atoms with Gasteiger partial charge in [-0.05, 0) is 19.1 Å². The second-order valence-corrected chi connectivity index (χ2v) is 5.35. The van der Waals surface area contributed by atoms with Gasteiger partial charge in [-0.1, -0.05) is 20.8 Å². The second-order valence-electron chi connectivity index (χ2n) is 5.35. The van der Waals surface area contributed by atoms with Crippen LogP contribution in [0.2, 0.25) is 0 Å². The lowest BCUT2D eigenvalue weighted by atomic mass is 9.91. The Morgan fingerprint density at radius 2 is 1.95 bits per heavy atom. The number of methoxy groups -OCH3 is 1. The van der Waals surface area contributed by atoms with E-state index in [4.69, 9.17) is 13.6 Å². The smallest absolute Gasteiger partial charge is 0.376 e.